The largest absolute Gasteiger partial charge is 0.368 e. The molecule has 0 bridgehead atoms. The molecule has 0 aromatic heterocycles. The van der Waals surface area contributed by atoms with E-state index < -0.39 is 0 Å². The SMILES string of the molecule is CCCN(CCC)OC(=O)CCCC=O. The van der Waals surface area contributed by atoms with E-state index in [0.717, 1.165) is 32.2 Å². The highest BCUT2D eigenvalue weighted by atomic mass is 16.7. The Balaban J connectivity index is 3.72. The van der Waals surface area contributed by atoms with E-state index in [0.29, 0.717) is 19.3 Å². The van der Waals surface area contributed by atoms with Gasteiger partial charge in [0.25, 0.3) is 0 Å². The molecule has 0 rings (SSSR count). The van der Waals surface area contributed by atoms with Crippen molar-refractivity contribution in [2.75, 3.05) is 13.1 Å². The number of carbonyl (C=O) groups is 2. The van der Waals surface area contributed by atoms with Crippen LogP contribution in [0.2, 0.25) is 0 Å². The summed E-state index contributed by atoms with van der Waals surface area (Å²) in [5.41, 5.74) is 0. The van der Waals surface area contributed by atoms with Crippen molar-refractivity contribution >= 4 is 12.3 Å². The average Bonchev–Trinajstić information content (AvgIpc) is 2.19. The standard InChI is InChI=1S/C11H21NO3/c1-3-8-12(9-4-2)15-11(14)7-5-6-10-13/h10H,3-9H2,1-2H3. The molecule has 0 spiro atoms. The van der Waals surface area contributed by atoms with Crippen molar-refractivity contribution in [2.45, 2.75) is 46.0 Å². The van der Waals surface area contributed by atoms with Gasteiger partial charge in [-0.1, -0.05) is 13.8 Å². The summed E-state index contributed by atoms with van der Waals surface area (Å²) in [6.45, 7) is 5.63. The first-order valence-electron chi connectivity index (χ1n) is 5.63. The molecule has 0 unspecified atom stereocenters. The normalized spacial score (nSPS) is 10.3. The van der Waals surface area contributed by atoms with Crippen molar-refractivity contribution in [3.63, 3.8) is 0 Å². The van der Waals surface area contributed by atoms with Crippen LogP contribution >= 0.6 is 0 Å². The third-order valence-electron chi connectivity index (χ3n) is 1.88. The van der Waals surface area contributed by atoms with Crippen LogP contribution in [0.25, 0.3) is 0 Å². The number of hydrogen-bond donors (Lipinski definition) is 0. The molecule has 0 aliphatic heterocycles. The summed E-state index contributed by atoms with van der Waals surface area (Å²) in [6.07, 6.45) is 4.07. The van der Waals surface area contributed by atoms with Crippen LogP contribution in [0.15, 0.2) is 0 Å². The minimum atomic E-state index is -0.237. The first kappa shape index (κ1) is 14.1. The summed E-state index contributed by atoms with van der Waals surface area (Å²) >= 11 is 0. The molecular formula is C11H21NO3. The maximum Gasteiger partial charge on any atom is 0.325 e. The Kier molecular flexibility index (Phi) is 9.07. The molecule has 0 radical (unpaired) electrons. The van der Waals surface area contributed by atoms with E-state index in [-0.39, 0.29) is 5.97 Å². The summed E-state index contributed by atoms with van der Waals surface area (Å²) in [5.74, 6) is -0.237. The highest BCUT2D eigenvalue weighted by Crippen LogP contribution is 2.01. The lowest BCUT2D eigenvalue weighted by Gasteiger charge is -2.19. The Bertz CT molecular complexity index is 177. The Labute approximate surface area is 91.5 Å². The molecule has 4 nitrogen and oxygen atoms in total. The van der Waals surface area contributed by atoms with Gasteiger partial charge in [0, 0.05) is 25.9 Å². The maximum absolute atomic E-state index is 11.3. The van der Waals surface area contributed by atoms with Crippen LogP contribution in [0.1, 0.15) is 46.0 Å². The van der Waals surface area contributed by atoms with Crippen LogP contribution in [-0.2, 0) is 14.4 Å². The fourth-order valence-corrected chi connectivity index (χ4v) is 1.22. The molecule has 0 amide bonds. The van der Waals surface area contributed by atoms with Gasteiger partial charge in [0.05, 0.1) is 0 Å². The van der Waals surface area contributed by atoms with Crippen molar-refractivity contribution in [3.8, 4) is 0 Å². The second kappa shape index (κ2) is 9.65. The van der Waals surface area contributed by atoms with Gasteiger partial charge in [0.1, 0.15) is 6.29 Å². The number of aldehydes is 1. The summed E-state index contributed by atoms with van der Waals surface area (Å²) in [6, 6.07) is 0. The lowest BCUT2D eigenvalue weighted by atomic mass is 10.2. The number of nitrogens with zero attached hydrogens (tertiary/aromatic N) is 1. The van der Waals surface area contributed by atoms with Crippen LogP contribution in [0.5, 0.6) is 0 Å². The monoisotopic (exact) mass is 215 g/mol. The van der Waals surface area contributed by atoms with Gasteiger partial charge in [0.2, 0.25) is 0 Å². The van der Waals surface area contributed by atoms with Crippen LogP contribution in [0, 0.1) is 0 Å². The zero-order chi connectivity index (χ0) is 11.5. The van der Waals surface area contributed by atoms with E-state index in [9.17, 15) is 9.59 Å². The molecule has 4 heteroatoms. The highest BCUT2D eigenvalue weighted by molar-refractivity contribution is 5.69. The lowest BCUT2D eigenvalue weighted by Crippen LogP contribution is -2.28. The molecule has 0 heterocycles. The topological polar surface area (TPSA) is 46.6 Å². The second-order valence-electron chi connectivity index (χ2n) is 3.45. The Morgan fingerprint density at radius 3 is 2.33 bits per heavy atom. The molecule has 0 aliphatic carbocycles. The van der Waals surface area contributed by atoms with Gasteiger partial charge in [-0.2, -0.15) is 0 Å². The third-order valence-corrected chi connectivity index (χ3v) is 1.88. The number of rotatable bonds is 9. The van der Waals surface area contributed by atoms with E-state index in [1.165, 1.54) is 0 Å². The van der Waals surface area contributed by atoms with Gasteiger partial charge in [-0.3, -0.25) is 4.79 Å². The van der Waals surface area contributed by atoms with Gasteiger partial charge >= 0.3 is 5.97 Å². The Hall–Kier alpha value is -0.900. The fraction of sp³-hybridized carbons (Fsp3) is 0.818. The molecule has 0 atom stereocenters. The molecular weight excluding hydrogens is 194 g/mol. The van der Waals surface area contributed by atoms with E-state index >= 15 is 0 Å². The number of hydroxylamine groups is 2. The Morgan fingerprint density at radius 1 is 1.27 bits per heavy atom. The van der Waals surface area contributed by atoms with Gasteiger partial charge in [-0.15, -0.1) is 5.06 Å². The summed E-state index contributed by atoms with van der Waals surface area (Å²) in [7, 11) is 0. The minimum absolute atomic E-state index is 0.237. The molecule has 0 aromatic carbocycles. The second-order valence-corrected chi connectivity index (χ2v) is 3.45. The maximum atomic E-state index is 11.3. The van der Waals surface area contributed by atoms with Gasteiger partial charge < -0.3 is 9.63 Å². The molecule has 0 aliphatic rings. The third kappa shape index (κ3) is 8.12. The number of unbranched alkanes of at least 4 members (excludes halogenated alkanes) is 1. The lowest BCUT2D eigenvalue weighted by molar-refractivity contribution is -0.190. The number of hydrogen-bond acceptors (Lipinski definition) is 4. The van der Waals surface area contributed by atoms with E-state index in [1.807, 2.05) is 13.8 Å². The van der Waals surface area contributed by atoms with Crippen LogP contribution in [-0.4, -0.2) is 30.4 Å². The van der Waals surface area contributed by atoms with Gasteiger partial charge in [-0.25, -0.2) is 0 Å². The van der Waals surface area contributed by atoms with Crippen molar-refractivity contribution in [2.24, 2.45) is 0 Å². The first-order chi connectivity index (χ1) is 7.24. The predicted octanol–water partition coefficient (Wildman–Crippen LogP) is 1.94. The smallest absolute Gasteiger partial charge is 0.325 e. The zero-order valence-electron chi connectivity index (χ0n) is 9.70. The van der Waals surface area contributed by atoms with Crippen LogP contribution in [0.4, 0.5) is 0 Å². The zero-order valence-corrected chi connectivity index (χ0v) is 9.70. The molecule has 0 saturated heterocycles. The molecule has 0 N–H and O–H groups in total. The molecule has 0 fully saturated rings. The fourth-order valence-electron chi connectivity index (χ4n) is 1.22. The van der Waals surface area contributed by atoms with E-state index in [1.54, 1.807) is 5.06 Å². The molecule has 88 valence electrons. The minimum Gasteiger partial charge on any atom is -0.368 e. The van der Waals surface area contributed by atoms with Gasteiger partial charge in [0.15, 0.2) is 0 Å². The van der Waals surface area contributed by atoms with E-state index in [4.69, 9.17) is 4.84 Å². The molecule has 0 aromatic rings. The van der Waals surface area contributed by atoms with Crippen molar-refractivity contribution in [1.82, 2.24) is 5.06 Å². The average molecular weight is 215 g/mol. The predicted molar refractivity (Wildman–Crippen MR) is 58.2 cm³/mol. The highest BCUT2D eigenvalue weighted by Gasteiger charge is 2.09. The van der Waals surface area contributed by atoms with Crippen molar-refractivity contribution in [3.05, 3.63) is 0 Å². The van der Waals surface area contributed by atoms with Crippen molar-refractivity contribution in [1.29, 1.82) is 0 Å². The van der Waals surface area contributed by atoms with E-state index in [2.05, 4.69) is 0 Å². The van der Waals surface area contributed by atoms with Gasteiger partial charge in [-0.05, 0) is 19.3 Å². The summed E-state index contributed by atoms with van der Waals surface area (Å²) in [4.78, 5) is 26.5. The first-order valence-corrected chi connectivity index (χ1v) is 5.63. The number of carbonyl (C=O) groups excluding carboxylic acids is 2. The molecule has 15 heavy (non-hydrogen) atoms. The quantitative estimate of drug-likeness (QED) is 0.335. The molecule has 0 saturated carbocycles. The summed E-state index contributed by atoms with van der Waals surface area (Å²) < 4.78 is 0. The van der Waals surface area contributed by atoms with Crippen molar-refractivity contribution < 1.29 is 14.4 Å². The van der Waals surface area contributed by atoms with Crippen LogP contribution < -0.4 is 0 Å². The summed E-state index contributed by atoms with van der Waals surface area (Å²) in [5, 5.41) is 1.70. The Morgan fingerprint density at radius 2 is 1.87 bits per heavy atom. The van der Waals surface area contributed by atoms with Crippen LogP contribution in [0.3, 0.4) is 0 Å².